The van der Waals surface area contributed by atoms with Crippen molar-refractivity contribution in [2.45, 2.75) is 39.3 Å². The fourth-order valence-electron chi connectivity index (χ4n) is 1.75. The SMILES string of the molecule is Cc1ccc([N+](=O)[O-])c(C(N)CNC(=O)OC(C)(C)C)c1. The van der Waals surface area contributed by atoms with Crippen LogP contribution in [0.4, 0.5) is 10.5 Å². The van der Waals surface area contributed by atoms with Gasteiger partial charge in [-0.2, -0.15) is 0 Å². The Morgan fingerprint density at radius 3 is 2.62 bits per heavy atom. The Hall–Kier alpha value is -2.15. The van der Waals surface area contributed by atoms with Crippen molar-refractivity contribution in [1.82, 2.24) is 5.32 Å². The fraction of sp³-hybridized carbons (Fsp3) is 0.500. The van der Waals surface area contributed by atoms with E-state index in [0.29, 0.717) is 5.56 Å². The smallest absolute Gasteiger partial charge is 0.407 e. The van der Waals surface area contributed by atoms with Gasteiger partial charge in [-0.05, 0) is 33.8 Å². The highest BCUT2D eigenvalue weighted by molar-refractivity contribution is 5.67. The van der Waals surface area contributed by atoms with Gasteiger partial charge in [-0.15, -0.1) is 0 Å². The molecule has 0 heterocycles. The Balaban J connectivity index is 2.76. The van der Waals surface area contributed by atoms with Crippen molar-refractivity contribution in [3.8, 4) is 0 Å². The van der Waals surface area contributed by atoms with Crippen LogP contribution in [0.2, 0.25) is 0 Å². The van der Waals surface area contributed by atoms with Crippen LogP contribution in [0.15, 0.2) is 18.2 Å². The maximum absolute atomic E-state index is 11.6. The van der Waals surface area contributed by atoms with Crippen LogP contribution in [0.1, 0.15) is 37.9 Å². The maximum atomic E-state index is 11.6. The Bertz CT molecular complexity index is 538. The Kier molecular flexibility index (Phi) is 5.26. The third-order valence-electron chi connectivity index (χ3n) is 2.64. The number of nitrogens with zero attached hydrogens (tertiary/aromatic N) is 1. The van der Waals surface area contributed by atoms with Crippen LogP contribution in [0, 0.1) is 17.0 Å². The number of ether oxygens (including phenoxy) is 1. The quantitative estimate of drug-likeness (QED) is 0.655. The summed E-state index contributed by atoms with van der Waals surface area (Å²) in [7, 11) is 0. The zero-order valence-corrected chi connectivity index (χ0v) is 12.7. The van der Waals surface area contributed by atoms with Crippen molar-refractivity contribution in [3.05, 3.63) is 39.4 Å². The molecule has 1 aromatic carbocycles. The van der Waals surface area contributed by atoms with E-state index in [0.717, 1.165) is 5.56 Å². The summed E-state index contributed by atoms with van der Waals surface area (Å²) in [5, 5.41) is 13.5. The summed E-state index contributed by atoms with van der Waals surface area (Å²) in [4.78, 5) is 22.1. The molecular weight excluding hydrogens is 274 g/mol. The molecular formula is C14H21N3O4. The van der Waals surface area contributed by atoms with E-state index in [4.69, 9.17) is 10.5 Å². The van der Waals surface area contributed by atoms with Crippen molar-refractivity contribution in [1.29, 1.82) is 0 Å². The monoisotopic (exact) mass is 295 g/mol. The first kappa shape index (κ1) is 16.9. The van der Waals surface area contributed by atoms with Gasteiger partial charge in [-0.1, -0.05) is 11.6 Å². The molecule has 1 rings (SSSR count). The first-order valence-electron chi connectivity index (χ1n) is 6.57. The molecule has 1 amide bonds. The van der Waals surface area contributed by atoms with Gasteiger partial charge in [0.15, 0.2) is 0 Å². The number of aryl methyl sites for hydroxylation is 1. The van der Waals surface area contributed by atoms with Crippen LogP contribution in [-0.2, 0) is 4.74 Å². The molecule has 1 aromatic rings. The molecule has 0 aliphatic carbocycles. The van der Waals surface area contributed by atoms with E-state index in [2.05, 4.69) is 5.32 Å². The molecule has 7 heteroatoms. The zero-order valence-electron chi connectivity index (χ0n) is 12.7. The predicted octanol–water partition coefficient (Wildman–Crippen LogP) is 2.43. The summed E-state index contributed by atoms with van der Waals surface area (Å²) < 4.78 is 5.09. The van der Waals surface area contributed by atoms with Crippen LogP contribution in [0.5, 0.6) is 0 Å². The van der Waals surface area contributed by atoms with E-state index in [9.17, 15) is 14.9 Å². The number of nitrogens with one attached hydrogen (secondary N) is 1. The third-order valence-corrected chi connectivity index (χ3v) is 2.64. The van der Waals surface area contributed by atoms with Crippen LogP contribution >= 0.6 is 0 Å². The minimum atomic E-state index is -0.683. The lowest BCUT2D eigenvalue weighted by atomic mass is 10.0. The average Bonchev–Trinajstić information content (AvgIpc) is 2.33. The van der Waals surface area contributed by atoms with Gasteiger partial charge >= 0.3 is 6.09 Å². The second kappa shape index (κ2) is 6.53. The molecule has 7 nitrogen and oxygen atoms in total. The van der Waals surface area contributed by atoms with E-state index < -0.39 is 22.7 Å². The number of rotatable bonds is 4. The molecule has 1 unspecified atom stereocenters. The molecule has 116 valence electrons. The molecule has 0 spiro atoms. The molecule has 0 aliphatic rings. The lowest BCUT2D eigenvalue weighted by Gasteiger charge is -2.21. The Morgan fingerprint density at radius 1 is 1.48 bits per heavy atom. The van der Waals surface area contributed by atoms with Gasteiger partial charge in [0.1, 0.15) is 5.60 Å². The van der Waals surface area contributed by atoms with Gasteiger partial charge in [-0.3, -0.25) is 10.1 Å². The molecule has 0 radical (unpaired) electrons. The fourth-order valence-corrected chi connectivity index (χ4v) is 1.75. The number of amides is 1. The average molecular weight is 295 g/mol. The molecule has 0 saturated heterocycles. The van der Waals surface area contributed by atoms with Crippen molar-refractivity contribution in [2.24, 2.45) is 5.73 Å². The highest BCUT2D eigenvalue weighted by Crippen LogP contribution is 2.24. The maximum Gasteiger partial charge on any atom is 0.407 e. The number of benzene rings is 1. The highest BCUT2D eigenvalue weighted by atomic mass is 16.6. The second-order valence-electron chi connectivity index (χ2n) is 5.81. The summed E-state index contributed by atoms with van der Waals surface area (Å²) in [6.45, 7) is 7.12. The third kappa shape index (κ3) is 5.39. The number of hydrogen-bond acceptors (Lipinski definition) is 5. The van der Waals surface area contributed by atoms with Crippen molar-refractivity contribution in [3.63, 3.8) is 0 Å². The van der Waals surface area contributed by atoms with Crippen molar-refractivity contribution >= 4 is 11.8 Å². The molecule has 21 heavy (non-hydrogen) atoms. The Labute approximate surface area is 123 Å². The summed E-state index contributed by atoms with van der Waals surface area (Å²) >= 11 is 0. The van der Waals surface area contributed by atoms with Gasteiger partial charge in [0.05, 0.1) is 11.0 Å². The molecule has 0 fully saturated rings. The number of nitro groups is 1. The van der Waals surface area contributed by atoms with E-state index in [1.165, 1.54) is 6.07 Å². The molecule has 0 bridgehead atoms. The standard InChI is InChI=1S/C14H21N3O4/c1-9-5-6-12(17(19)20)10(7-9)11(15)8-16-13(18)21-14(2,3)4/h5-7,11H,8,15H2,1-4H3,(H,16,18). The van der Waals surface area contributed by atoms with Crippen LogP contribution in [0.25, 0.3) is 0 Å². The minimum Gasteiger partial charge on any atom is -0.444 e. The summed E-state index contributed by atoms with van der Waals surface area (Å²) in [6.07, 6.45) is -0.603. The van der Waals surface area contributed by atoms with Crippen molar-refractivity contribution < 1.29 is 14.5 Å². The highest BCUT2D eigenvalue weighted by Gasteiger charge is 2.21. The number of carbonyl (C=O) groups excluding carboxylic acids is 1. The lowest BCUT2D eigenvalue weighted by molar-refractivity contribution is -0.385. The minimum absolute atomic E-state index is 0.0548. The molecule has 0 saturated carbocycles. The van der Waals surface area contributed by atoms with E-state index in [-0.39, 0.29) is 12.2 Å². The largest absolute Gasteiger partial charge is 0.444 e. The second-order valence-corrected chi connectivity index (χ2v) is 5.81. The van der Waals surface area contributed by atoms with Crippen LogP contribution in [-0.4, -0.2) is 23.2 Å². The number of nitro benzene ring substituents is 1. The van der Waals surface area contributed by atoms with Crippen LogP contribution in [0.3, 0.4) is 0 Å². The van der Waals surface area contributed by atoms with E-state index in [1.54, 1.807) is 32.9 Å². The normalized spacial score (nSPS) is 12.6. The molecule has 3 N–H and O–H groups in total. The zero-order chi connectivity index (χ0) is 16.2. The van der Waals surface area contributed by atoms with E-state index in [1.807, 2.05) is 6.92 Å². The first-order chi connectivity index (χ1) is 9.60. The van der Waals surface area contributed by atoms with Gasteiger partial charge in [0.25, 0.3) is 5.69 Å². The Morgan fingerprint density at radius 2 is 2.10 bits per heavy atom. The van der Waals surface area contributed by atoms with E-state index >= 15 is 0 Å². The summed E-state index contributed by atoms with van der Waals surface area (Å²) in [5.74, 6) is 0. The summed E-state index contributed by atoms with van der Waals surface area (Å²) in [6, 6.07) is 4.03. The van der Waals surface area contributed by atoms with Crippen molar-refractivity contribution in [2.75, 3.05) is 6.54 Å². The van der Waals surface area contributed by atoms with Gasteiger partial charge < -0.3 is 15.8 Å². The number of hydrogen-bond donors (Lipinski definition) is 2. The topological polar surface area (TPSA) is 107 Å². The van der Waals surface area contributed by atoms with Crippen LogP contribution < -0.4 is 11.1 Å². The number of carbonyl (C=O) groups is 1. The van der Waals surface area contributed by atoms with Gasteiger partial charge in [0.2, 0.25) is 0 Å². The molecule has 1 atom stereocenters. The summed E-state index contributed by atoms with van der Waals surface area (Å²) in [5.41, 5.74) is 6.53. The first-order valence-corrected chi connectivity index (χ1v) is 6.57. The lowest BCUT2D eigenvalue weighted by Crippen LogP contribution is -2.36. The molecule has 0 aromatic heterocycles. The molecule has 0 aliphatic heterocycles. The van der Waals surface area contributed by atoms with Gasteiger partial charge in [-0.25, -0.2) is 4.79 Å². The van der Waals surface area contributed by atoms with Gasteiger partial charge in [0, 0.05) is 18.2 Å². The number of nitrogens with two attached hydrogens (primary N) is 1. The predicted molar refractivity (Wildman–Crippen MR) is 79.0 cm³/mol. The number of alkyl carbamates (subject to hydrolysis) is 1.